The van der Waals surface area contributed by atoms with Crippen LogP contribution in [0.4, 0.5) is 0 Å². The molecule has 1 aromatic rings. The van der Waals surface area contributed by atoms with Gasteiger partial charge in [-0.3, -0.25) is 4.79 Å². The lowest BCUT2D eigenvalue weighted by molar-refractivity contribution is 0.0756. The molecule has 0 aliphatic heterocycles. The molecular formula is C16H21Cl3N2O. The van der Waals surface area contributed by atoms with Crippen LogP contribution in [0.25, 0.3) is 0 Å². The Morgan fingerprint density at radius 3 is 2.36 bits per heavy atom. The van der Waals surface area contributed by atoms with Crippen LogP contribution in [0.5, 0.6) is 0 Å². The van der Waals surface area contributed by atoms with Gasteiger partial charge in [-0.2, -0.15) is 0 Å². The second-order valence-corrected chi connectivity index (χ2v) is 7.13. The Morgan fingerprint density at radius 1 is 1.14 bits per heavy atom. The zero-order chi connectivity index (χ0) is 15.0. The number of amides is 1. The van der Waals surface area contributed by atoms with E-state index in [0.29, 0.717) is 33.5 Å². The predicted molar refractivity (Wildman–Crippen MR) is 93.0 cm³/mol. The van der Waals surface area contributed by atoms with E-state index in [4.69, 9.17) is 28.9 Å². The number of hydrogen-bond acceptors (Lipinski definition) is 2. The number of hydrogen-bond donors (Lipinski definition) is 2. The Bertz CT molecular complexity index is 538. The van der Waals surface area contributed by atoms with Crippen molar-refractivity contribution in [1.29, 1.82) is 0 Å². The molecule has 0 saturated heterocycles. The smallest absolute Gasteiger partial charge is 0.251 e. The minimum Gasteiger partial charge on any atom is -0.349 e. The summed E-state index contributed by atoms with van der Waals surface area (Å²) >= 11 is 11.9. The molecule has 0 spiro atoms. The lowest BCUT2D eigenvalue weighted by Crippen LogP contribution is -2.53. The fraction of sp³-hybridized carbons (Fsp3) is 0.562. The standard InChI is InChI=1S/C16H20Cl2N2O.ClH/c17-13-5-4-11(8-14(13)18)16(21)20-15-9-2-1-3-10(15)7-12(19)6-9;/h4-5,8-10,12,15H,1-3,6-7,19H2,(H,20,21);1H. The van der Waals surface area contributed by atoms with Gasteiger partial charge in [-0.05, 0) is 55.7 Å². The number of fused-ring (bicyclic) bond motifs is 2. The van der Waals surface area contributed by atoms with Crippen LogP contribution in [0.1, 0.15) is 42.5 Å². The molecule has 0 radical (unpaired) electrons. The third-order valence-corrected chi connectivity index (χ3v) is 5.60. The Hall–Kier alpha value is -0.480. The van der Waals surface area contributed by atoms with E-state index in [1.165, 1.54) is 6.42 Å². The highest BCUT2D eigenvalue weighted by Crippen LogP contribution is 2.39. The fourth-order valence-electron chi connectivity index (χ4n) is 3.90. The van der Waals surface area contributed by atoms with Crippen LogP contribution in [0.15, 0.2) is 18.2 Å². The van der Waals surface area contributed by atoms with Gasteiger partial charge in [0.25, 0.3) is 5.91 Å². The highest BCUT2D eigenvalue weighted by atomic mass is 35.5. The van der Waals surface area contributed by atoms with Crippen molar-refractivity contribution in [2.75, 3.05) is 0 Å². The average Bonchev–Trinajstić information content (AvgIpc) is 2.42. The van der Waals surface area contributed by atoms with Crippen molar-refractivity contribution in [1.82, 2.24) is 5.32 Å². The third-order valence-electron chi connectivity index (χ3n) is 4.86. The van der Waals surface area contributed by atoms with Crippen LogP contribution in [0.2, 0.25) is 10.0 Å². The van der Waals surface area contributed by atoms with E-state index < -0.39 is 0 Å². The average molecular weight is 364 g/mol. The molecule has 2 unspecified atom stereocenters. The van der Waals surface area contributed by atoms with Crippen LogP contribution in [-0.2, 0) is 0 Å². The molecule has 0 aromatic heterocycles. The SMILES string of the molecule is Cl.NC1CC2CCCC(C1)C2NC(=O)c1ccc(Cl)c(Cl)c1. The van der Waals surface area contributed by atoms with Gasteiger partial charge >= 0.3 is 0 Å². The molecule has 2 fully saturated rings. The van der Waals surface area contributed by atoms with Crippen LogP contribution >= 0.6 is 35.6 Å². The van der Waals surface area contributed by atoms with E-state index in [-0.39, 0.29) is 24.4 Å². The van der Waals surface area contributed by atoms with Crippen LogP contribution in [0, 0.1) is 11.8 Å². The second kappa shape index (κ2) is 7.39. The first kappa shape index (κ1) is 17.9. The van der Waals surface area contributed by atoms with E-state index in [1.54, 1.807) is 18.2 Å². The highest BCUT2D eigenvalue weighted by Gasteiger charge is 2.39. The quantitative estimate of drug-likeness (QED) is 0.833. The number of nitrogens with one attached hydrogen (secondary N) is 1. The molecule has 3 nitrogen and oxygen atoms in total. The molecule has 2 saturated carbocycles. The van der Waals surface area contributed by atoms with Crippen LogP contribution in [0.3, 0.4) is 0 Å². The molecule has 2 aliphatic carbocycles. The van der Waals surface area contributed by atoms with Gasteiger partial charge in [0.05, 0.1) is 10.0 Å². The molecule has 3 rings (SSSR count). The summed E-state index contributed by atoms with van der Waals surface area (Å²) in [4.78, 5) is 12.4. The van der Waals surface area contributed by atoms with Gasteiger partial charge in [0.15, 0.2) is 0 Å². The number of halogens is 3. The first-order valence-electron chi connectivity index (χ1n) is 7.56. The molecule has 1 amide bonds. The highest BCUT2D eigenvalue weighted by molar-refractivity contribution is 6.42. The Kier molecular flexibility index (Phi) is 6.00. The maximum absolute atomic E-state index is 12.4. The molecule has 0 heterocycles. The number of carbonyl (C=O) groups excluding carboxylic acids is 1. The molecule has 6 heteroatoms. The number of carbonyl (C=O) groups is 1. The van der Waals surface area contributed by atoms with E-state index in [1.807, 2.05) is 0 Å². The van der Waals surface area contributed by atoms with E-state index >= 15 is 0 Å². The lowest BCUT2D eigenvalue weighted by Gasteiger charge is -2.45. The van der Waals surface area contributed by atoms with Gasteiger partial charge in [0.1, 0.15) is 0 Å². The van der Waals surface area contributed by atoms with Gasteiger partial charge in [0.2, 0.25) is 0 Å². The molecule has 2 atom stereocenters. The zero-order valence-corrected chi connectivity index (χ0v) is 14.6. The maximum Gasteiger partial charge on any atom is 0.251 e. The largest absolute Gasteiger partial charge is 0.349 e. The molecule has 122 valence electrons. The van der Waals surface area contributed by atoms with Gasteiger partial charge in [-0.1, -0.05) is 29.6 Å². The summed E-state index contributed by atoms with van der Waals surface area (Å²) in [7, 11) is 0. The summed E-state index contributed by atoms with van der Waals surface area (Å²) in [5.74, 6) is 0.962. The number of rotatable bonds is 2. The second-order valence-electron chi connectivity index (χ2n) is 6.31. The molecular weight excluding hydrogens is 343 g/mol. The fourth-order valence-corrected chi connectivity index (χ4v) is 4.19. The van der Waals surface area contributed by atoms with Crippen molar-refractivity contribution >= 4 is 41.5 Å². The van der Waals surface area contributed by atoms with Crippen molar-refractivity contribution < 1.29 is 4.79 Å². The third kappa shape index (κ3) is 3.70. The maximum atomic E-state index is 12.4. The minimum atomic E-state index is -0.0639. The van der Waals surface area contributed by atoms with Gasteiger partial charge in [0, 0.05) is 17.6 Å². The Balaban J connectivity index is 0.00000176. The summed E-state index contributed by atoms with van der Waals surface area (Å²) in [6.45, 7) is 0. The normalized spacial score (nSPS) is 30.3. The number of nitrogens with two attached hydrogens (primary N) is 1. The summed E-state index contributed by atoms with van der Waals surface area (Å²) in [5, 5.41) is 4.09. The van der Waals surface area contributed by atoms with E-state index in [2.05, 4.69) is 5.32 Å². The summed E-state index contributed by atoms with van der Waals surface area (Å²) in [6.07, 6.45) is 5.61. The molecule has 1 aromatic carbocycles. The molecule has 3 N–H and O–H groups in total. The van der Waals surface area contributed by atoms with Gasteiger partial charge in [-0.15, -0.1) is 12.4 Å². The Labute approximate surface area is 147 Å². The van der Waals surface area contributed by atoms with Crippen LogP contribution < -0.4 is 11.1 Å². The lowest BCUT2D eigenvalue weighted by atomic mass is 9.67. The van der Waals surface area contributed by atoms with E-state index in [9.17, 15) is 4.79 Å². The summed E-state index contributed by atoms with van der Waals surface area (Å²) in [6, 6.07) is 5.55. The van der Waals surface area contributed by atoms with E-state index in [0.717, 1.165) is 25.7 Å². The topological polar surface area (TPSA) is 55.1 Å². The summed E-state index contributed by atoms with van der Waals surface area (Å²) < 4.78 is 0. The van der Waals surface area contributed by atoms with Crippen molar-refractivity contribution in [2.24, 2.45) is 17.6 Å². The van der Waals surface area contributed by atoms with Crippen LogP contribution in [-0.4, -0.2) is 18.0 Å². The predicted octanol–water partition coefficient (Wildman–Crippen LogP) is 4.05. The van der Waals surface area contributed by atoms with Gasteiger partial charge < -0.3 is 11.1 Å². The zero-order valence-electron chi connectivity index (χ0n) is 12.2. The molecule has 22 heavy (non-hydrogen) atoms. The minimum absolute atomic E-state index is 0. The van der Waals surface area contributed by atoms with Crippen molar-refractivity contribution in [3.8, 4) is 0 Å². The van der Waals surface area contributed by atoms with Crippen molar-refractivity contribution in [2.45, 2.75) is 44.2 Å². The molecule has 2 aliphatic rings. The Morgan fingerprint density at radius 2 is 1.77 bits per heavy atom. The summed E-state index contributed by atoms with van der Waals surface area (Å²) in [5.41, 5.74) is 6.69. The van der Waals surface area contributed by atoms with Gasteiger partial charge in [-0.25, -0.2) is 0 Å². The molecule has 2 bridgehead atoms. The van der Waals surface area contributed by atoms with Crippen molar-refractivity contribution in [3.05, 3.63) is 33.8 Å². The first-order chi connectivity index (χ1) is 10.0. The first-order valence-corrected chi connectivity index (χ1v) is 8.31. The monoisotopic (exact) mass is 362 g/mol. The van der Waals surface area contributed by atoms with Crippen molar-refractivity contribution in [3.63, 3.8) is 0 Å². The number of benzene rings is 1.